The summed E-state index contributed by atoms with van der Waals surface area (Å²) >= 11 is 0. The zero-order valence-electron chi connectivity index (χ0n) is 11.4. The van der Waals surface area contributed by atoms with E-state index in [4.69, 9.17) is 5.73 Å². The molecule has 98 valence electrons. The van der Waals surface area contributed by atoms with Crippen LogP contribution < -0.4 is 5.73 Å². The van der Waals surface area contributed by atoms with E-state index in [1.165, 1.54) is 0 Å². The van der Waals surface area contributed by atoms with Crippen molar-refractivity contribution in [1.82, 2.24) is 9.55 Å². The first-order chi connectivity index (χ1) is 8.34. The Labute approximate surface area is 107 Å². The largest absolute Gasteiger partial charge is 0.387 e. The minimum absolute atomic E-state index is 0.000414. The van der Waals surface area contributed by atoms with Gasteiger partial charge in [0.15, 0.2) is 0 Å². The van der Waals surface area contributed by atoms with E-state index in [1.54, 1.807) is 0 Å². The molecule has 1 atom stereocenters. The van der Waals surface area contributed by atoms with Crippen LogP contribution in [0.4, 0.5) is 0 Å². The summed E-state index contributed by atoms with van der Waals surface area (Å²) in [5.41, 5.74) is 8.29. The van der Waals surface area contributed by atoms with E-state index >= 15 is 0 Å². The van der Waals surface area contributed by atoms with Crippen LogP contribution in [0.15, 0.2) is 18.2 Å². The highest BCUT2D eigenvalue weighted by atomic mass is 16.3. The van der Waals surface area contributed by atoms with Crippen LogP contribution in [0.5, 0.6) is 0 Å². The molecule has 2 rings (SSSR count). The van der Waals surface area contributed by atoms with Crippen LogP contribution in [0.1, 0.15) is 38.3 Å². The van der Waals surface area contributed by atoms with Crippen LogP contribution in [0.2, 0.25) is 0 Å². The summed E-state index contributed by atoms with van der Waals surface area (Å²) in [4.78, 5) is 4.67. The first-order valence-corrected chi connectivity index (χ1v) is 6.19. The molecule has 2 aromatic rings. The van der Waals surface area contributed by atoms with E-state index in [2.05, 4.69) is 30.3 Å². The number of hydrogen-bond acceptors (Lipinski definition) is 3. The van der Waals surface area contributed by atoms with Gasteiger partial charge in [0, 0.05) is 19.0 Å². The molecular formula is C14H21N3O. The maximum absolute atomic E-state index is 9.77. The number of nitrogens with two attached hydrogens (primary N) is 1. The van der Waals surface area contributed by atoms with Gasteiger partial charge in [-0.1, -0.05) is 26.8 Å². The summed E-state index contributed by atoms with van der Waals surface area (Å²) in [5, 5.41) is 9.77. The lowest BCUT2D eigenvalue weighted by Crippen LogP contribution is -2.17. The lowest BCUT2D eigenvalue weighted by atomic mass is 9.96. The molecular weight excluding hydrogens is 226 g/mol. The van der Waals surface area contributed by atoms with Gasteiger partial charge in [-0.2, -0.15) is 0 Å². The fraction of sp³-hybridized carbons (Fsp3) is 0.500. The molecule has 1 heterocycles. The average Bonchev–Trinajstić information content (AvgIpc) is 2.65. The smallest absolute Gasteiger partial charge is 0.115 e. The van der Waals surface area contributed by atoms with Gasteiger partial charge in [0.2, 0.25) is 0 Å². The number of nitrogens with zero attached hydrogens (tertiary/aromatic N) is 2. The highest BCUT2D eigenvalue weighted by molar-refractivity contribution is 5.77. The SMILES string of the molecule is Cn1c(C(C)(C)C)nc2cc(C(O)CN)ccc21. The van der Waals surface area contributed by atoms with Gasteiger partial charge in [-0.05, 0) is 17.7 Å². The molecule has 0 radical (unpaired) electrons. The number of aromatic nitrogens is 2. The van der Waals surface area contributed by atoms with E-state index in [0.29, 0.717) is 0 Å². The van der Waals surface area contributed by atoms with Crippen molar-refractivity contribution in [3.8, 4) is 0 Å². The van der Waals surface area contributed by atoms with Crippen LogP contribution in [0, 0.1) is 0 Å². The van der Waals surface area contributed by atoms with E-state index in [1.807, 2.05) is 25.2 Å². The number of aryl methyl sites for hydroxylation is 1. The maximum atomic E-state index is 9.77. The lowest BCUT2D eigenvalue weighted by molar-refractivity contribution is 0.187. The number of aliphatic hydroxyl groups is 1. The van der Waals surface area contributed by atoms with Gasteiger partial charge in [-0.15, -0.1) is 0 Å². The molecule has 4 heteroatoms. The summed E-state index contributed by atoms with van der Waals surface area (Å²) in [6.07, 6.45) is -0.616. The summed E-state index contributed by atoms with van der Waals surface area (Å²) in [7, 11) is 2.02. The third-order valence-electron chi connectivity index (χ3n) is 3.18. The van der Waals surface area contributed by atoms with Crippen molar-refractivity contribution in [2.75, 3.05) is 6.54 Å². The molecule has 0 fully saturated rings. The average molecular weight is 247 g/mol. The second-order valence-electron chi connectivity index (χ2n) is 5.74. The molecule has 0 bridgehead atoms. The second-order valence-corrected chi connectivity index (χ2v) is 5.74. The third-order valence-corrected chi connectivity index (χ3v) is 3.18. The summed E-state index contributed by atoms with van der Waals surface area (Å²) in [6.45, 7) is 6.65. The van der Waals surface area contributed by atoms with Crippen molar-refractivity contribution in [3.63, 3.8) is 0 Å². The molecule has 4 nitrogen and oxygen atoms in total. The van der Waals surface area contributed by atoms with Gasteiger partial charge in [-0.3, -0.25) is 0 Å². The Bertz CT molecular complexity index is 566. The number of aliphatic hydroxyl groups excluding tert-OH is 1. The number of fused-ring (bicyclic) bond motifs is 1. The number of rotatable bonds is 2. The quantitative estimate of drug-likeness (QED) is 0.851. The van der Waals surface area contributed by atoms with Crippen LogP contribution in [-0.2, 0) is 12.5 Å². The monoisotopic (exact) mass is 247 g/mol. The number of imidazole rings is 1. The Hall–Kier alpha value is -1.39. The van der Waals surface area contributed by atoms with Crippen molar-refractivity contribution in [1.29, 1.82) is 0 Å². The Morgan fingerprint density at radius 1 is 1.39 bits per heavy atom. The molecule has 18 heavy (non-hydrogen) atoms. The second kappa shape index (κ2) is 4.37. The fourth-order valence-electron chi connectivity index (χ4n) is 2.23. The van der Waals surface area contributed by atoms with Gasteiger partial charge >= 0.3 is 0 Å². The normalized spacial score (nSPS) is 14.1. The van der Waals surface area contributed by atoms with Crippen LogP contribution in [0.3, 0.4) is 0 Å². The summed E-state index contributed by atoms with van der Waals surface area (Å²) in [5.74, 6) is 1.04. The molecule has 3 N–H and O–H groups in total. The standard InChI is InChI=1S/C14H21N3O/c1-14(2,3)13-16-10-7-9(12(18)8-15)5-6-11(10)17(13)4/h5-7,12,18H,8,15H2,1-4H3. The minimum Gasteiger partial charge on any atom is -0.387 e. The first kappa shape index (κ1) is 13.1. The van der Waals surface area contributed by atoms with E-state index < -0.39 is 6.10 Å². The molecule has 0 aliphatic rings. The number of benzene rings is 1. The predicted octanol–water partition coefficient (Wildman–Crippen LogP) is 1.86. The number of hydrogen-bond donors (Lipinski definition) is 2. The Kier molecular flexibility index (Phi) is 3.17. The minimum atomic E-state index is -0.616. The summed E-state index contributed by atoms with van der Waals surface area (Å²) < 4.78 is 2.11. The van der Waals surface area contributed by atoms with Gasteiger partial charge < -0.3 is 15.4 Å². The molecule has 1 aromatic heterocycles. The van der Waals surface area contributed by atoms with Crippen molar-refractivity contribution in [2.45, 2.75) is 32.3 Å². The first-order valence-electron chi connectivity index (χ1n) is 6.19. The van der Waals surface area contributed by atoms with Crippen molar-refractivity contribution in [2.24, 2.45) is 12.8 Å². The molecule has 0 saturated heterocycles. The molecule has 1 aromatic carbocycles. The Balaban J connectivity index is 2.59. The van der Waals surface area contributed by atoms with Gasteiger partial charge in [0.05, 0.1) is 17.1 Å². The van der Waals surface area contributed by atoms with Crippen LogP contribution >= 0.6 is 0 Å². The van der Waals surface area contributed by atoms with E-state index in [-0.39, 0.29) is 12.0 Å². The highest BCUT2D eigenvalue weighted by Crippen LogP contribution is 2.26. The fourth-order valence-corrected chi connectivity index (χ4v) is 2.23. The van der Waals surface area contributed by atoms with Gasteiger partial charge in [0.1, 0.15) is 5.82 Å². The van der Waals surface area contributed by atoms with E-state index in [0.717, 1.165) is 22.4 Å². The molecule has 0 aliphatic heterocycles. The Morgan fingerprint density at radius 2 is 2.06 bits per heavy atom. The third kappa shape index (κ3) is 2.13. The lowest BCUT2D eigenvalue weighted by Gasteiger charge is -2.17. The zero-order chi connectivity index (χ0) is 13.5. The molecule has 0 aliphatic carbocycles. The summed E-state index contributed by atoms with van der Waals surface area (Å²) in [6, 6.07) is 5.82. The zero-order valence-corrected chi connectivity index (χ0v) is 11.4. The van der Waals surface area contributed by atoms with Crippen molar-refractivity contribution in [3.05, 3.63) is 29.6 Å². The predicted molar refractivity (Wildman–Crippen MR) is 73.4 cm³/mol. The van der Waals surface area contributed by atoms with Crippen LogP contribution in [0.25, 0.3) is 11.0 Å². The topological polar surface area (TPSA) is 64.1 Å². The maximum Gasteiger partial charge on any atom is 0.115 e. The molecule has 1 unspecified atom stereocenters. The molecule has 0 amide bonds. The van der Waals surface area contributed by atoms with Gasteiger partial charge in [0.25, 0.3) is 0 Å². The molecule has 0 saturated carbocycles. The van der Waals surface area contributed by atoms with E-state index in [9.17, 15) is 5.11 Å². The Morgan fingerprint density at radius 3 is 2.61 bits per heavy atom. The highest BCUT2D eigenvalue weighted by Gasteiger charge is 2.21. The van der Waals surface area contributed by atoms with Crippen molar-refractivity contribution >= 4 is 11.0 Å². The molecule has 0 spiro atoms. The van der Waals surface area contributed by atoms with Gasteiger partial charge in [-0.25, -0.2) is 4.98 Å². The van der Waals surface area contributed by atoms with Crippen LogP contribution in [-0.4, -0.2) is 21.2 Å². The van der Waals surface area contributed by atoms with Crippen molar-refractivity contribution < 1.29 is 5.11 Å².